The van der Waals surface area contributed by atoms with Crippen molar-refractivity contribution in [2.45, 2.75) is 72.1 Å². The van der Waals surface area contributed by atoms with Crippen LogP contribution in [0.4, 0.5) is 0 Å². The summed E-state index contributed by atoms with van der Waals surface area (Å²) in [4.78, 5) is 12.5. The van der Waals surface area contributed by atoms with Gasteiger partial charge in [-0.1, -0.05) is 68.5 Å². The number of esters is 1. The number of hydrogen-bond acceptors (Lipinski definition) is 2. The van der Waals surface area contributed by atoms with Crippen molar-refractivity contribution in [3.63, 3.8) is 0 Å². The van der Waals surface area contributed by atoms with Gasteiger partial charge in [0.1, 0.15) is 5.75 Å². The number of ether oxygens (including phenoxy) is 1. The van der Waals surface area contributed by atoms with Crippen LogP contribution >= 0.6 is 0 Å². The fourth-order valence-corrected chi connectivity index (χ4v) is 4.11. The van der Waals surface area contributed by atoms with E-state index in [2.05, 4.69) is 52.0 Å². The topological polar surface area (TPSA) is 26.3 Å². The van der Waals surface area contributed by atoms with Crippen molar-refractivity contribution in [1.29, 1.82) is 0 Å². The van der Waals surface area contributed by atoms with Crippen molar-refractivity contribution in [1.82, 2.24) is 0 Å². The van der Waals surface area contributed by atoms with Crippen LogP contribution in [-0.2, 0) is 11.2 Å². The molecule has 2 nitrogen and oxygen atoms in total. The van der Waals surface area contributed by atoms with Gasteiger partial charge in [0.15, 0.2) is 0 Å². The molecule has 1 aliphatic heterocycles. The molecule has 2 aromatic carbocycles. The third kappa shape index (κ3) is 3.70. The maximum Gasteiger partial charge on any atom is 0.318 e. The molecule has 0 radical (unpaired) electrons. The number of unbranched alkanes of at least 4 members (excludes halogenated alkanes) is 2. The van der Waals surface area contributed by atoms with Crippen LogP contribution in [0.1, 0.15) is 74.1 Å². The zero-order valence-corrected chi connectivity index (χ0v) is 16.5. The summed E-state index contributed by atoms with van der Waals surface area (Å²) in [6.07, 6.45) is 6.31. The van der Waals surface area contributed by atoms with Gasteiger partial charge in [-0.05, 0) is 55.9 Å². The minimum atomic E-state index is -0.0948. The van der Waals surface area contributed by atoms with Crippen molar-refractivity contribution < 1.29 is 9.53 Å². The molecule has 0 fully saturated rings. The Hall–Kier alpha value is -2.09. The van der Waals surface area contributed by atoms with Gasteiger partial charge in [0.05, 0.1) is 5.92 Å². The van der Waals surface area contributed by atoms with E-state index in [-0.39, 0.29) is 11.9 Å². The summed E-state index contributed by atoms with van der Waals surface area (Å²) in [5.74, 6) is 0.627. The molecule has 26 heavy (non-hydrogen) atoms. The quantitative estimate of drug-likeness (QED) is 0.420. The van der Waals surface area contributed by atoms with Crippen LogP contribution in [0.3, 0.4) is 0 Å². The van der Waals surface area contributed by atoms with Crippen LogP contribution in [-0.4, -0.2) is 5.97 Å². The van der Waals surface area contributed by atoms with Gasteiger partial charge < -0.3 is 4.74 Å². The summed E-state index contributed by atoms with van der Waals surface area (Å²) in [6.45, 7) is 8.68. The zero-order valence-electron chi connectivity index (χ0n) is 16.5. The maximum absolute atomic E-state index is 12.5. The Labute approximate surface area is 157 Å². The Morgan fingerprint density at radius 1 is 0.962 bits per heavy atom. The number of fused-ring (bicyclic) bond motifs is 1. The average Bonchev–Trinajstić information content (AvgIpc) is 2.92. The summed E-state index contributed by atoms with van der Waals surface area (Å²) in [5.41, 5.74) is 7.55. The molecule has 0 saturated heterocycles. The Bertz CT molecular complexity index is 784. The third-order valence-electron chi connectivity index (χ3n) is 5.32. The molecule has 0 aromatic heterocycles. The molecule has 0 saturated carbocycles. The fourth-order valence-electron chi connectivity index (χ4n) is 4.11. The van der Waals surface area contributed by atoms with Crippen LogP contribution in [0.5, 0.6) is 5.75 Å². The Morgan fingerprint density at radius 3 is 2.31 bits per heavy atom. The molecule has 2 heteroatoms. The number of aryl methyl sites for hydroxylation is 2. The van der Waals surface area contributed by atoms with Gasteiger partial charge in [-0.25, -0.2) is 0 Å². The highest BCUT2D eigenvalue weighted by Crippen LogP contribution is 2.44. The largest absolute Gasteiger partial charge is 0.426 e. The van der Waals surface area contributed by atoms with Crippen molar-refractivity contribution >= 4 is 5.97 Å². The van der Waals surface area contributed by atoms with Crippen LogP contribution in [0.15, 0.2) is 30.3 Å². The molecule has 1 aliphatic rings. The van der Waals surface area contributed by atoms with Gasteiger partial charge in [0.25, 0.3) is 0 Å². The Kier molecular flexibility index (Phi) is 5.80. The van der Waals surface area contributed by atoms with Gasteiger partial charge in [-0.2, -0.15) is 0 Å². The lowest BCUT2D eigenvalue weighted by Crippen LogP contribution is -2.11. The van der Waals surface area contributed by atoms with E-state index >= 15 is 0 Å². The molecule has 0 N–H and O–H groups in total. The predicted molar refractivity (Wildman–Crippen MR) is 108 cm³/mol. The van der Waals surface area contributed by atoms with Crippen molar-refractivity contribution in [2.24, 2.45) is 0 Å². The lowest BCUT2D eigenvalue weighted by Gasteiger charge is -2.17. The second-order valence-electron chi connectivity index (χ2n) is 7.60. The molecule has 1 unspecified atom stereocenters. The first-order valence-electron chi connectivity index (χ1n) is 10.0. The Morgan fingerprint density at radius 2 is 1.65 bits per heavy atom. The lowest BCUT2D eigenvalue weighted by molar-refractivity contribution is -0.134. The minimum Gasteiger partial charge on any atom is -0.426 e. The molecule has 2 aromatic rings. The van der Waals surface area contributed by atoms with Crippen molar-refractivity contribution in [3.8, 4) is 16.9 Å². The van der Waals surface area contributed by atoms with Crippen molar-refractivity contribution in [2.75, 3.05) is 0 Å². The molecule has 1 atom stereocenters. The van der Waals surface area contributed by atoms with E-state index in [1.807, 2.05) is 6.07 Å². The van der Waals surface area contributed by atoms with Gasteiger partial charge >= 0.3 is 5.97 Å². The molecule has 3 rings (SSSR count). The number of hydrogen-bond donors (Lipinski definition) is 0. The second-order valence-corrected chi connectivity index (χ2v) is 7.60. The van der Waals surface area contributed by atoms with Gasteiger partial charge in [-0.3, -0.25) is 4.79 Å². The first kappa shape index (κ1) is 18.7. The van der Waals surface area contributed by atoms with E-state index in [1.54, 1.807) is 0 Å². The first-order chi connectivity index (χ1) is 12.5. The summed E-state index contributed by atoms with van der Waals surface area (Å²) in [6, 6.07) is 10.9. The lowest BCUT2D eigenvalue weighted by atomic mass is 9.84. The van der Waals surface area contributed by atoms with Crippen molar-refractivity contribution in [3.05, 3.63) is 52.6 Å². The molecule has 138 valence electrons. The van der Waals surface area contributed by atoms with Gasteiger partial charge in [0.2, 0.25) is 0 Å². The molecular formula is C24H30O2. The van der Waals surface area contributed by atoms with Gasteiger partial charge in [0, 0.05) is 5.56 Å². The molecular weight excluding hydrogens is 320 g/mol. The summed E-state index contributed by atoms with van der Waals surface area (Å²) >= 11 is 0. The SMILES string of the molecule is CCCCc1c(-c2cc(C)cc(C)c2)ccc2c1C(CCCC)C(=O)O2. The number of benzene rings is 2. The highest BCUT2D eigenvalue weighted by molar-refractivity contribution is 5.89. The van der Waals surface area contributed by atoms with E-state index in [0.29, 0.717) is 0 Å². The number of carbonyl (C=O) groups excluding carboxylic acids is 1. The monoisotopic (exact) mass is 350 g/mol. The standard InChI is InChI=1S/C24H30O2/c1-5-7-9-20-19(18-14-16(3)13-17(4)15-18)11-12-22-23(20)21(10-8-6-2)24(25)26-22/h11-15,21H,5-10H2,1-4H3. The molecule has 0 aliphatic carbocycles. The van der Waals surface area contributed by atoms with E-state index in [4.69, 9.17) is 4.74 Å². The zero-order chi connectivity index (χ0) is 18.7. The smallest absolute Gasteiger partial charge is 0.318 e. The Balaban J connectivity index is 2.14. The van der Waals surface area contributed by atoms with Crippen LogP contribution < -0.4 is 4.74 Å². The summed E-state index contributed by atoms with van der Waals surface area (Å²) in [7, 11) is 0. The molecule has 0 spiro atoms. The fraction of sp³-hybridized carbons (Fsp3) is 0.458. The third-order valence-corrected chi connectivity index (χ3v) is 5.32. The highest BCUT2D eigenvalue weighted by Gasteiger charge is 2.35. The average molecular weight is 351 g/mol. The van der Waals surface area contributed by atoms with Crippen LogP contribution in [0, 0.1) is 13.8 Å². The van der Waals surface area contributed by atoms with E-state index in [0.717, 1.165) is 49.8 Å². The summed E-state index contributed by atoms with van der Waals surface area (Å²) < 4.78 is 5.64. The van der Waals surface area contributed by atoms with Gasteiger partial charge in [-0.15, -0.1) is 0 Å². The molecule has 1 heterocycles. The number of rotatable bonds is 7. The van der Waals surface area contributed by atoms with Crippen LogP contribution in [0.2, 0.25) is 0 Å². The van der Waals surface area contributed by atoms with E-state index in [9.17, 15) is 4.79 Å². The predicted octanol–water partition coefficient (Wildman–Crippen LogP) is 6.51. The minimum absolute atomic E-state index is 0.0660. The first-order valence-corrected chi connectivity index (χ1v) is 10.0. The second kappa shape index (κ2) is 8.07. The molecule has 0 bridgehead atoms. The normalized spacial score (nSPS) is 15.8. The highest BCUT2D eigenvalue weighted by atomic mass is 16.5. The summed E-state index contributed by atoms with van der Waals surface area (Å²) in [5, 5.41) is 0. The maximum atomic E-state index is 12.5. The number of carbonyl (C=O) groups is 1. The van der Waals surface area contributed by atoms with E-state index < -0.39 is 0 Å². The molecule has 0 amide bonds. The van der Waals surface area contributed by atoms with E-state index in [1.165, 1.54) is 27.8 Å². The van der Waals surface area contributed by atoms with Crippen LogP contribution in [0.25, 0.3) is 11.1 Å².